The predicted octanol–water partition coefficient (Wildman–Crippen LogP) is 6.07. The maximum absolute atomic E-state index is 14.5. The van der Waals surface area contributed by atoms with E-state index in [0.717, 1.165) is 5.56 Å². The number of hydrogen-bond acceptors (Lipinski definition) is 0. The highest BCUT2D eigenvalue weighted by Gasteiger charge is 2.24. The number of hydrogen-bond donors (Lipinski definition) is 0. The zero-order valence-electron chi connectivity index (χ0n) is 13.9. The Morgan fingerprint density at radius 1 is 0.818 bits per heavy atom. The third-order valence-electron chi connectivity index (χ3n) is 4.10. The van der Waals surface area contributed by atoms with Crippen LogP contribution in [0, 0.1) is 39.3 Å². The summed E-state index contributed by atoms with van der Waals surface area (Å²) in [4.78, 5) is 0. The van der Waals surface area contributed by atoms with Crippen molar-refractivity contribution < 1.29 is 13.2 Å². The van der Waals surface area contributed by atoms with Gasteiger partial charge in [-0.3, -0.25) is 0 Å². The fourth-order valence-electron chi connectivity index (χ4n) is 3.08. The molecule has 2 rings (SSSR count). The first-order valence-corrected chi connectivity index (χ1v) is 7.30. The van der Waals surface area contributed by atoms with Gasteiger partial charge < -0.3 is 0 Å². The van der Waals surface area contributed by atoms with Gasteiger partial charge in [0.1, 0.15) is 17.3 Å². The van der Waals surface area contributed by atoms with Crippen LogP contribution in [-0.4, -0.2) is 0 Å². The maximum atomic E-state index is 14.5. The minimum Gasteiger partial charge on any atom is -0.239 e. The van der Waals surface area contributed by atoms with Crippen LogP contribution in [0.3, 0.4) is 0 Å². The van der Waals surface area contributed by atoms with Gasteiger partial charge in [-0.2, -0.15) is 0 Å². The van der Waals surface area contributed by atoms with Gasteiger partial charge >= 0.3 is 0 Å². The molecule has 3 heteroatoms. The summed E-state index contributed by atoms with van der Waals surface area (Å²) in [6, 6.07) is 4.52. The first-order valence-electron chi connectivity index (χ1n) is 7.30. The summed E-state index contributed by atoms with van der Waals surface area (Å²) in [5, 5.41) is 0. The predicted molar refractivity (Wildman–Crippen MR) is 84.9 cm³/mol. The van der Waals surface area contributed by atoms with Crippen LogP contribution < -0.4 is 0 Å². The lowest BCUT2D eigenvalue weighted by atomic mass is 9.87. The summed E-state index contributed by atoms with van der Waals surface area (Å²) >= 11 is 0. The summed E-state index contributed by atoms with van der Waals surface area (Å²) in [5.41, 5.74) is 1.84. The van der Waals surface area contributed by atoms with Gasteiger partial charge in [-0.15, -0.1) is 0 Å². The zero-order valence-corrected chi connectivity index (χ0v) is 13.9. The molecule has 0 spiro atoms. The Kier molecular flexibility index (Phi) is 4.12. The number of benzene rings is 2. The quantitative estimate of drug-likeness (QED) is 0.631. The van der Waals surface area contributed by atoms with Crippen molar-refractivity contribution in [3.05, 3.63) is 57.7 Å². The number of aryl methyl sites for hydroxylation is 3. The van der Waals surface area contributed by atoms with E-state index in [-0.39, 0.29) is 11.4 Å². The van der Waals surface area contributed by atoms with Crippen LogP contribution in [0.5, 0.6) is 0 Å². The number of rotatable bonds is 2. The first kappa shape index (κ1) is 16.6. The summed E-state index contributed by atoms with van der Waals surface area (Å²) in [6.07, 6.45) is 0. The van der Waals surface area contributed by atoms with Gasteiger partial charge in [0.05, 0.1) is 0 Å². The molecule has 0 fully saturated rings. The van der Waals surface area contributed by atoms with Crippen LogP contribution in [0.25, 0.3) is 11.1 Å². The molecule has 0 aromatic heterocycles. The molecule has 0 aliphatic heterocycles. The molecule has 0 saturated heterocycles. The number of halogens is 3. The van der Waals surface area contributed by atoms with Gasteiger partial charge in [0.15, 0.2) is 0 Å². The molecule has 0 bridgehead atoms. The van der Waals surface area contributed by atoms with Crippen molar-refractivity contribution in [1.82, 2.24) is 0 Å². The van der Waals surface area contributed by atoms with Gasteiger partial charge in [-0.25, -0.2) is 13.2 Å². The largest absolute Gasteiger partial charge is 0.239 e. The van der Waals surface area contributed by atoms with Crippen molar-refractivity contribution in [2.24, 2.45) is 0 Å². The second-order valence-corrected chi connectivity index (χ2v) is 6.44. The minimum atomic E-state index is -1.59. The van der Waals surface area contributed by atoms with Crippen LogP contribution in [0.2, 0.25) is 0 Å². The van der Waals surface area contributed by atoms with E-state index in [2.05, 4.69) is 0 Å². The Hall–Kier alpha value is -1.77. The van der Waals surface area contributed by atoms with E-state index < -0.39 is 11.5 Å². The summed E-state index contributed by atoms with van der Waals surface area (Å²) < 4.78 is 43.0. The molecule has 0 heterocycles. The normalized spacial score (nSPS) is 11.9. The Morgan fingerprint density at radius 2 is 1.41 bits per heavy atom. The molecule has 0 nitrogen and oxygen atoms in total. The summed E-state index contributed by atoms with van der Waals surface area (Å²) in [5.74, 6) is -0.804. The highest BCUT2D eigenvalue weighted by Crippen LogP contribution is 2.37. The fraction of sp³-hybridized carbons (Fsp3) is 0.368. The van der Waals surface area contributed by atoms with Crippen LogP contribution in [0.15, 0.2) is 18.2 Å². The van der Waals surface area contributed by atoms with Gasteiger partial charge in [0.25, 0.3) is 0 Å². The van der Waals surface area contributed by atoms with Crippen molar-refractivity contribution in [1.29, 1.82) is 0 Å². The average molecular weight is 306 g/mol. The van der Waals surface area contributed by atoms with E-state index in [0.29, 0.717) is 27.8 Å². The van der Waals surface area contributed by atoms with Crippen LogP contribution in [0.1, 0.15) is 41.7 Å². The Bertz CT molecular complexity index is 738. The van der Waals surface area contributed by atoms with E-state index in [4.69, 9.17) is 0 Å². The molecule has 2 aromatic carbocycles. The molecule has 0 amide bonds. The summed E-state index contributed by atoms with van der Waals surface area (Å²) in [7, 11) is 0. The SMILES string of the molecule is Cc1cc(F)c(-c2c(C)cc(C)c(F)c2C)cc1C(C)(C)F. The molecular weight excluding hydrogens is 285 g/mol. The molecule has 2 aromatic rings. The van der Waals surface area contributed by atoms with E-state index >= 15 is 0 Å². The fourth-order valence-corrected chi connectivity index (χ4v) is 3.08. The second kappa shape index (κ2) is 5.45. The molecule has 0 aliphatic carbocycles. The molecule has 118 valence electrons. The van der Waals surface area contributed by atoms with Gasteiger partial charge in [0.2, 0.25) is 0 Å². The molecular formula is C19H21F3. The van der Waals surface area contributed by atoms with Crippen molar-refractivity contribution in [2.75, 3.05) is 0 Å². The van der Waals surface area contributed by atoms with Crippen LogP contribution in [-0.2, 0) is 5.67 Å². The molecule has 0 atom stereocenters. The topological polar surface area (TPSA) is 0 Å². The molecule has 0 saturated carbocycles. The van der Waals surface area contributed by atoms with Crippen LogP contribution >= 0.6 is 0 Å². The van der Waals surface area contributed by atoms with E-state index in [1.54, 1.807) is 26.8 Å². The minimum absolute atomic E-state index is 0.250. The molecule has 22 heavy (non-hydrogen) atoms. The standard InChI is InChI=1S/C19H21F3/c1-10-8-16(20)14(9-15(10)19(5,6)22)17-11(2)7-12(3)18(21)13(17)4/h7-9H,1-6H3. The highest BCUT2D eigenvalue weighted by molar-refractivity contribution is 5.73. The Labute approximate surface area is 130 Å². The van der Waals surface area contributed by atoms with Gasteiger partial charge in [-0.1, -0.05) is 6.07 Å². The first-order chi connectivity index (χ1) is 10.0. The van der Waals surface area contributed by atoms with Gasteiger partial charge in [0, 0.05) is 5.56 Å². The Balaban J connectivity index is 2.82. The Morgan fingerprint density at radius 3 is 1.95 bits per heavy atom. The second-order valence-electron chi connectivity index (χ2n) is 6.44. The maximum Gasteiger partial charge on any atom is 0.131 e. The monoisotopic (exact) mass is 306 g/mol. The zero-order chi connectivity index (χ0) is 16.8. The van der Waals surface area contributed by atoms with Crippen molar-refractivity contribution >= 4 is 0 Å². The van der Waals surface area contributed by atoms with Crippen molar-refractivity contribution in [3.8, 4) is 11.1 Å². The number of alkyl halides is 1. The average Bonchev–Trinajstić information content (AvgIpc) is 2.37. The van der Waals surface area contributed by atoms with E-state index in [9.17, 15) is 13.2 Å². The van der Waals surface area contributed by atoms with E-state index in [1.807, 2.05) is 6.92 Å². The van der Waals surface area contributed by atoms with Crippen molar-refractivity contribution in [3.63, 3.8) is 0 Å². The molecule has 0 unspecified atom stereocenters. The molecule has 0 N–H and O–H groups in total. The third kappa shape index (κ3) is 2.77. The van der Waals surface area contributed by atoms with Crippen LogP contribution in [0.4, 0.5) is 13.2 Å². The highest BCUT2D eigenvalue weighted by atomic mass is 19.1. The summed E-state index contributed by atoms with van der Waals surface area (Å²) in [6.45, 7) is 9.68. The van der Waals surface area contributed by atoms with E-state index in [1.165, 1.54) is 26.0 Å². The lowest BCUT2D eigenvalue weighted by molar-refractivity contribution is 0.220. The lowest BCUT2D eigenvalue weighted by Gasteiger charge is -2.21. The van der Waals surface area contributed by atoms with Crippen molar-refractivity contribution in [2.45, 2.75) is 47.2 Å². The smallest absolute Gasteiger partial charge is 0.131 e. The molecule has 0 radical (unpaired) electrons. The molecule has 0 aliphatic rings. The third-order valence-corrected chi connectivity index (χ3v) is 4.10. The van der Waals surface area contributed by atoms with Gasteiger partial charge in [-0.05, 0) is 87.1 Å². The lowest BCUT2D eigenvalue weighted by Crippen LogP contribution is -2.12.